The molecule has 184 valence electrons. The molecule has 11 nitrogen and oxygen atoms in total. The van der Waals surface area contributed by atoms with Crippen LogP contribution >= 0.6 is 0 Å². The summed E-state index contributed by atoms with van der Waals surface area (Å²) >= 11 is 0. The number of non-ortho nitro benzene ring substituents is 1. The summed E-state index contributed by atoms with van der Waals surface area (Å²) in [6.07, 6.45) is 3.82. The van der Waals surface area contributed by atoms with E-state index in [1.54, 1.807) is 17.0 Å². The number of hydrogen-bond acceptors (Lipinski definition) is 7. The lowest BCUT2D eigenvalue weighted by Gasteiger charge is -2.32. The SMILES string of the molecule is Cc1ccc(C(=O)Nc2nccnc2C(=O)NC2CCN(C(=O)c3ccc([N+](=O)[O-])cc3)CC2)cc1. The van der Waals surface area contributed by atoms with Gasteiger partial charge in [0.1, 0.15) is 0 Å². The molecule has 3 amide bonds. The normalized spacial score (nSPS) is 13.6. The molecule has 0 unspecified atom stereocenters. The van der Waals surface area contributed by atoms with Crippen molar-refractivity contribution in [3.8, 4) is 0 Å². The van der Waals surface area contributed by atoms with Crippen molar-refractivity contribution >= 4 is 29.2 Å². The fourth-order valence-corrected chi connectivity index (χ4v) is 3.87. The molecule has 0 atom stereocenters. The number of nitro benzene ring substituents is 1. The second-order valence-electron chi connectivity index (χ2n) is 8.42. The van der Waals surface area contributed by atoms with Crippen molar-refractivity contribution in [2.75, 3.05) is 18.4 Å². The summed E-state index contributed by atoms with van der Waals surface area (Å²) < 4.78 is 0. The number of aromatic nitrogens is 2. The molecule has 1 aliphatic rings. The fraction of sp³-hybridized carbons (Fsp3) is 0.240. The molecule has 2 N–H and O–H groups in total. The number of nitro groups is 1. The van der Waals surface area contributed by atoms with E-state index in [9.17, 15) is 24.5 Å². The van der Waals surface area contributed by atoms with Gasteiger partial charge >= 0.3 is 0 Å². The Hall–Kier alpha value is -4.67. The number of hydrogen-bond donors (Lipinski definition) is 2. The summed E-state index contributed by atoms with van der Waals surface area (Å²) in [6, 6.07) is 12.3. The van der Waals surface area contributed by atoms with E-state index in [0.29, 0.717) is 37.1 Å². The van der Waals surface area contributed by atoms with Crippen LogP contribution in [0.4, 0.5) is 11.5 Å². The lowest BCUT2D eigenvalue weighted by Crippen LogP contribution is -2.46. The summed E-state index contributed by atoms with van der Waals surface area (Å²) in [4.78, 5) is 58.4. The molecule has 1 fully saturated rings. The third-order valence-electron chi connectivity index (χ3n) is 5.90. The molecule has 36 heavy (non-hydrogen) atoms. The zero-order valence-corrected chi connectivity index (χ0v) is 19.5. The lowest BCUT2D eigenvalue weighted by molar-refractivity contribution is -0.384. The monoisotopic (exact) mass is 488 g/mol. The highest BCUT2D eigenvalue weighted by atomic mass is 16.6. The number of aryl methyl sites for hydroxylation is 1. The number of carbonyl (C=O) groups is 3. The van der Waals surface area contributed by atoms with Crippen LogP contribution in [0.1, 0.15) is 49.6 Å². The number of rotatable bonds is 6. The van der Waals surface area contributed by atoms with Crippen LogP contribution in [0.2, 0.25) is 0 Å². The number of likely N-dealkylation sites (tertiary alicyclic amines) is 1. The van der Waals surface area contributed by atoms with Crippen LogP contribution in [-0.2, 0) is 0 Å². The zero-order valence-electron chi connectivity index (χ0n) is 19.5. The molecule has 1 aromatic heterocycles. The summed E-state index contributed by atoms with van der Waals surface area (Å²) in [5, 5.41) is 16.4. The van der Waals surface area contributed by atoms with Crippen LogP contribution in [0.25, 0.3) is 0 Å². The number of carbonyl (C=O) groups excluding carboxylic acids is 3. The average molecular weight is 489 g/mol. The summed E-state index contributed by atoms with van der Waals surface area (Å²) in [6.45, 7) is 2.75. The Morgan fingerprint density at radius 3 is 2.17 bits per heavy atom. The predicted molar refractivity (Wildman–Crippen MR) is 131 cm³/mol. The van der Waals surface area contributed by atoms with Gasteiger partial charge in [-0.25, -0.2) is 9.97 Å². The second-order valence-corrected chi connectivity index (χ2v) is 8.42. The third-order valence-corrected chi connectivity index (χ3v) is 5.90. The molecule has 0 radical (unpaired) electrons. The molecule has 0 spiro atoms. The van der Waals surface area contributed by atoms with Gasteiger partial charge in [0.15, 0.2) is 11.5 Å². The molecule has 1 aliphatic heterocycles. The summed E-state index contributed by atoms with van der Waals surface area (Å²) in [5.41, 5.74) is 1.75. The number of benzene rings is 2. The molecule has 2 heterocycles. The Balaban J connectivity index is 1.34. The van der Waals surface area contributed by atoms with Gasteiger partial charge in [-0.1, -0.05) is 17.7 Å². The van der Waals surface area contributed by atoms with E-state index in [4.69, 9.17) is 0 Å². The number of piperidine rings is 1. The van der Waals surface area contributed by atoms with Crippen molar-refractivity contribution in [2.24, 2.45) is 0 Å². The molecule has 0 aliphatic carbocycles. The van der Waals surface area contributed by atoms with E-state index in [-0.39, 0.29) is 29.1 Å². The van der Waals surface area contributed by atoms with Gasteiger partial charge in [-0.05, 0) is 44.0 Å². The lowest BCUT2D eigenvalue weighted by atomic mass is 10.0. The molecule has 4 rings (SSSR count). The zero-order chi connectivity index (χ0) is 25.7. The minimum absolute atomic E-state index is 0.00217. The molecule has 0 saturated carbocycles. The number of nitrogens with zero attached hydrogens (tertiary/aromatic N) is 4. The van der Waals surface area contributed by atoms with E-state index in [2.05, 4.69) is 20.6 Å². The molecular formula is C25H24N6O5. The smallest absolute Gasteiger partial charge is 0.273 e. The van der Waals surface area contributed by atoms with Gasteiger partial charge in [-0.15, -0.1) is 0 Å². The Morgan fingerprint density at radius 1 is 0.917 bits per heavy atom. The van der Waals surface area contributed by atoms with E-state index in [1.807, 2.05) is 19.1 Å². The van der Waals surface area contributed by atoms with Crippen LogP contribution < -0.4 is 10.6 Å². The minimum Gasteiger partial charge on any atom is -0.348 e. The van der Waals surface area contributed by atoms with Crippen molar-refractivity contribution in [3.63, 3.8) is 0 Å². The third kappa shape index (κ3) is 5.69. The van der Waals surface area contributed by atoms with E-state index >= 15 is 0 Å². The molecule has 1 saturated heterocycles. The average Bonchev–Trinajstić information content (AvgIpc) is 2.89. The van der Waals surface area contributed by atoms with Gasteiger partial charge in [-0.2, -0.15) is 0 Å². The van der Waals surface area contributed by atoms with E-state index in [1.165, 1.54) is 36.7 Å². The largest absolute Gasteiger partial charge is 0.348 e. The first-order valence-corrected chi connectivity index (χ1v) is 11.4. The minimum atomic E-state index is -0.515. The van der Waals surface area contributed by atoms with Crippen molar-refractivity contribution in [3.05, 3.63) is 93.4 Å². The molecule has 11 heteroatoms. The van der Waals surface area contributed by atoms with Crippen LogP contribution in [0.5, 0.6) is 0 Å². The maximum absolute atomic E-state index is 12.9. The fourth-order valence-electron chi connectivity index (χ4n) is 3.87. The molecular weight excluding hydrogens is 464 g/mol. The quantitative estimate of drug-likeness (QED) is 0.400. The first-order valence-electron chi connectivity index (χ1n) is 11.4. The predicted octanol–water partition coefficient (Wildman–Crippen LogP) is 2.98. The van der Waals surface area contributed by atoms with Crippen LogP contribution in [0.15, 0.2) is 60.9 Å². The number of amides is 3. The maximum atomic E-state index is 12.9. The van der Waals surface area contributed by atoms with Crippen LogP contribution in [-0.4, -0.2) is 56.6 Å². The van der Waals surface area contributed by atoms with Crippen molar-refractivity contribution in [1.82, 2.24) is 20.2 Å². The van der Waals surface area contributed by atoms with Gasteiger partial charge < -0.3 is 15.5 Å². The van der Waals surface area contributed by atoms with Gasteiger partial charge in [0.2, 0.25) is 0 Å². The standard InChI is InChI=1S/C25H24N6O5/c1-16-2-4-17(5-3-16)23(32)29-22-21(26-12-13-27-22)24(33)28-19-10-14-30(15-11-19)25(34)18-6-8-20(9-7-18)31(35)36/h2-9,12-13,19H,10-11,14-15H2,1H3,(H,28,33)(H,27,29,32). The van der Waals surface area contributed by atoms with Gasteiger partial charge in [-0.3, -0.25) is 24.5 Å². The van der Waals surface area contributed by atoms with Crippen molar-refractivity contribution in [1.29, 1.82) is 0 Å². The van der Waals surface area contributed by atoms with Crippen LogP contribution in [0, 0.1) is 17.0 Å². The Morgan fingerprint density at radius 2 is 1.53 bits per heavy atom. The Kier molecular flexibility index (Phi) is 7.28. The van der Waals surface area contributed by atoms with Gasteiger partial charge in [0.25, 0.3) is 23.4 Å². The molecule has 3 aromatic rings. The summed E-state index contributed by atoms with van der Waals surface area (Å²) in [5.74, 6) is -1.03. The van der Waals surface area contributed by atoms with Crippen molar-refractivity contribution in [2.45, 2.75) is 25.8 Å². The topological polar surface area (TPSA) is 147 Å². The van der Waals surface area contributed by atoms with Gasteiger partial charge in [0.05, 0.1) is 4.92 Å². The number of anilines is 1. The molecule has 2 aromatic carbocycles. The first-order chi connectivity index (χ1) is 17.3. The Bertz CT molecular complexity index is 1290. The Labute approximate surface area is 206 Å². The van der Waals surface area contributed by atoms with Gasteiger partial charge in [0, 0.05) is 54.8 Å². The highest BCUT2D eigenvalue weighted by molar-refractivity contribution is 6.07. The summed E-state index contributed by atoms with van der Waals surface area (Å²) in [7, 11) is 0. The number of nitrogens with one attached hydrogen (secondary N) is 2. The maximum Gasteiger partial charge on any atom is 0.273 e. The molecule has 0 bridgehead atoms. The van der Waals surface area contributed by atoms with E-state index in [0.717, 1.165) is 5.56 Å². The highest BCUT2D eigenvalue weighted by Gasteiger charge is 2.26. The van der Waals surface area contributed by atoms with Crippen molar-refractivity contribution < 1.29 is 19.3 Å². The first kappa shape index (κ1) is 24.5. The second kappa shape index (κ2) is 10.7. The van der Waals surface area contributed by atoms with E-state index < -0.39 is 16.7 Å². The highest BCUT2D eigenvalue weighted by Crippen LogP contribution is 2.18. The van der Waals surface area contributed by atoms with Crippen LogP contribution in [0.3, 0.4) is 0 Å².